The van der Waals surface area contributed by atoms with Crippen molar-refractivity contribution in [3.8, 4) is 0 Å². The van der Waals surface area contributed by atoms with Crippen molar-refractivity contribution in [2.45, 2.75) is 13.3 Å². The highest BCUT2D eigenvalue weighted by Crippen LogP contribution is 2.25. The molecule has 3 N–H and O–H groups in total. The van der Waals surface area contributed by atoms with Gasteiger partial charge in [0.1, 0.15) is 11.6 Å². The average molecular weight is 240 g/mol. The van der Waals surface area contributed by atoms with Crippen LogP contribution in [-0.4, -0.2) is 10.2 Å². The molecule has 16 heavy (non-hydrogen) atoms. The maximum atomic E-state index is 13.5. The third kappa shape index (κ3) is 1.88. The van der Waals surface area contributed by atoms with Crippen molar-refractivity contribution in [3.05, 3.63) is 45.9 Å². The maximum absolute atomic E-state index is 13.5. The number of hydrogen-bond donors (Lipinski definition) is 2. The lowest BCUT2D eigenvalue weighted by Crippen LogP contribution is -1.98. The molecule has 1 aromatic carbocycles. The highest BCUT2D eigenvalue weighted by Gasteiger charge is 2.13. The third-order valence-electron chi connectivity index (χ3n) is 2.52. The Morgan fingerprint density at radius 3 is 2.75 bits per heavy atom. The number of nitrogens with zero attached hydrogens (tertiary/aromatic N) is 1. The first-order valence-electron chi connectivity index (χ1n) is 4.81. The Bertz CT molecular complexity index is 482. The summed E-state index contributed by atoms with van der Waals surface area (Å²) in [7, 11) is 0. The summed E-state index contributed by atoms with van der Waals surface area (Å²) in [6, 6.07) is 4.62. The van der Waals surface area contributed by atoms with Gasteiger partial charge in [0, 0.05) is 28.3 Å². The van der Waals surface area contributed by atoms with Crippen molar-refractivity contribution in [2.75, 3.05) is 5.73 Å². The van der Waals surface area contributed by atoms with Gasteiger partial charge in [-0.1, -0.05) is 17.7 Å². The van der Waals surface area contributed by atoms with E-state index in [1.807, 2.05) is 6.92 Å². The van der Waals surface area contributed by atoms with Gasteiger partial charge in [0.25, 0.3) is 0 Å². The zero-order valence-corrected chi connectivity index (χ0v) is 9.48. The van der Waals surface area contributed by atoms with E-state index >= 15 is 0 Å². The first kappa shape index (κ1) is 11.0. The summed E-state index contributed by atoms with van der Waals surface area (Å²) in [5.41, 5.74) is 7.74. The number of aromatic nitrogens is 2. The second-order valence-corrected chi connectivity index (χ2v) is 4.00. The molecular weight excluding hydrogens is 229 g/mol. The minimum Gasteiger partial charge on any atom is -0.382 e. The molecule has 0 saturated heterocycles. The minimum absolute atomic E-state index is 0.326. The predicted molar refractivity (Wildman–Crippen MR) is 62.0 cm³/mol. The molecule has 0 bridgehead atoms. The van der Waals surface area contributed by atoms with Crippen LogP contribution in [0.15, 0.2) is 18.2 Å². The van der Waals surface area contributed by atoms with Crippen LogP contribution < -0.4 is 5.73 Å². The molecule has 2 aromatic rings. The lowest BCUT2D eigenvalue weighted by Gasteiger charge is -2.05. The van der Waals surface area contributed by atoms with Crippen LogP contribution in [0.3, 0.4) is 0 Å². The van der Waals surface area contributed by atoms with Crippen LogP contribution in [-0.2, 0) is 6.42 Å². The molecule has 1 aromatic heterocycles. The van der Waals surface area contributed by atoms with Crippen molar-refractivity contribution in [1.29, 1.82) is 0 Å². The average Bonchev–Trinajstić information content (AvgIpc) is 2.54. The first-order valence-corrected chi connectivity index (χ1v) is 5.19. The van der Waals surface area contributed by atoms with Crippen molar-refractivity contribution < 1.29 is 4.39 Å². The molecule has 0 spiro atoms. The number of aromatic amines is 1. The number of hydrogen-bond acceptors (Lipinski definition) is 2. The monoisotopic (exact) mass is 239 g/mol. The van der Waals surface area contributed by atoms with Gasteiger partial charge in [-0.15, -0.1) is 0 Å². The second kappa shape index (κ2) is 4.14. The molecule has 0 aliphatic carbocycles. The lowest BCUT2D eigenvalue weighted by molar-refractivity contribution is 0.614. The summed E-state index contributed by atoms with van der Waals surface area (Å²) in [6.07, 6.45) is 0.347. The molecule has 0 saturated carbocycles. The maximum Gasteiger partial charge on any atom is 0.149 e. The van der Waals surface area contributed by atoms with Crippen LogP contribution in [0.2, 0.25) is 5.02 Å². The molecule has 0 aliphatic heterocycles. The van der Waals surface area contributed by atoms with Crippen molar-refractivity contribution in [3.63, 3.8) is 0 Å². The van der Waals surface area contributed by atoms with Gasteiger partial charge in [-0.05, 0) is 19.1 Å². The quantitative estimate of drug-likeness (QED) is 0.847. The standard InChI is InChI=1S/C11H11ClFN3/c1-6-7(11(14)16-15-6)5-8-9(12)3-2-4-10(8)13/h2-4H,5H2,1H3,(H3,14,15,16). The van der Waals surface area contributed by atoms with Crippen LogP contribution in [0, 0.1) is 12.7 Å². The Morgan fingerprint density at radius 1 is 1.44 bits per heavy atom. The fourth-order valence-corrected chi connectivity index (χ4v) is 1.80. The van der Waals surface area contributed by atoms with Crippen LogP contribution in [0.4, 0.5) is 10.2 Å². The van der Waals surface area contributed by atoms with Gasteiger partial charge in [-0.2, -0.15) is 5.10 Å². The molecule has 2 rings (SSSR count). The Labute approximate surface area is 97.4 Å². The molecular formula is C11H11ClFN3. The number of H-pyrrole nitrogens is 1. The van der Waals surface area contributed by atoms with Gasteiger partial charge in [0.15, 0.2) is 0 Å². The number of benzene rings is 1. The fourth-order valence-electron chi connectivity index (χ4n) is 1.57. The van der Waals surface area contributed by atoms with Crippen LogP contribution in [0.5, 0.6) is 0 Å². The van der Waals surface area contributed by atoms with Crippen molar-refractivity contribution in [1.82, 2.24) is 10.2 Å². The zero-order valence-electron chi connectivity index (χ0n) is 8.72. The predicted octanol–water partition coefficient (Wildman–Crippen LogP) is 2.68. The minimum atomic E-state index is -0.326. The summed E-state index contributed by atoms with van der Waals surface area (Å²) in [5, 5.41) is 7.02. The summed E-state index contributed by atoms with van der Waals surface area (Å²) >= 11 is 5.94. The number of nitrogens with two attached hydrogens (primary N) is 1. The molecule has 3 nitrogen and oxygen atoms in total. The summed E-state index contributed by atoms with van der Waals surface area (Å²) in [4.78, 5) is 0. The molecule has 1 heterocycles. The van der Waals surface area contributed by atoms with E-state index in [9.17, 15) is 4.39 Å². The molecule has 0 amide bonds. The van der Waals surface area contributed by atoms with Gasteiger partial charge in [-0.25, -0.2) is 4.39 Å². The summed E-state index contributed by atoms with van der Waals surface area (Å²) in [5.74, 6) is 0.0596. The van der Waals surface area contributed by atoms with Gasteiger partial charge in [-0.3, -0.25) is 5.10 Å². The van der Waals surface area contributed by atoms with E-state index in [-0.39, 0.29) is 5.82 Å². The van der Waals surface area contributed by atoms with Gasteiger partial charge in [0.2, 0.25) is 0 Å². The highest BCUT2D eigenvalue weighted by molar-refractivity contribution is 6.31. The first-order chi connectivity index (χ1) is 7.59. The Kier molecular flexibility index (Phi) is 2.83. The van der Waals surface area contributed by atoms with Crippen molar-refractivity contribution >= 4 is 17.4 Å². The van der Waals surface area contributed by atoms with Crippen LogP contribution in [0.25, 0.3) is 0 Å². The topological polar surface area (TPSA) is 54.7 Å². The van der Waals surface area contributed by atoms with E-state index in [2.05, 4.69) is 10.2 Å². The van der Waals surface area contributed by atoms with Crippen LogP contribution in [0.1, 0.15) is 16.8 Å². The Balaban J connectivity index is 2.41. The van der Waals surface area contributed by atoms with E-state index < -0.39 is 0 Å². The Hall–Kier alpha value is -1.55. The zero-order chi connectivity index (χ0) is 11.7. The molecule has 0 unspecified atom stereocenters. The number of halogens is 2. The number of aryl methyl sites for hydroxylation is 1. The van der Waals surface area contributed by atoms with E-state index in [1.165, 1.54) is 6.07 Å². The number of rotatable bonds is 2. The van der Waals surface area contributed by atoms with Crippen molar-refractivity contribution in [2.24, 2.45) is 0 Å². The molecule has 0 radical (unpaired) electrons. The largest absolute Gasteiger partial charge is 0.382 e. The SMILES string of the molecule is Cc1[nH]nc(N)c1Cc1c(F)cccc1Cl. The van der Waals surface area contributed by atoms with E-state index in [1.54, 1.807) is 12.1 Å². The van der Waals surface area contributed by atoms with E-state index in [0.717, 1.165) is 11.3 Å². The van der Waals surface area contributed by atoms with Gasteiger partial charge >= 0.3 is 0 Å². The van der Waals surface area contributed by atoms with Crippen LogP contribution >= 0.6 is 11.6 Å². The summed E-state index contributed by atoms with van der Waals surface area (Å²) in [6.45, 7) is 1.84. The highest BCUT2D eigenvalue weighted by atomic mass is 35.5. The summed E-state index contributed by atoms with van der Waals surface area (Å²) < 4.78 is 13.5. The molecule has 0 atom stereocenters. The number of nitrogens with one attached hydrogen (secondary N) is 1. The second-order valence-electron chi connectivity index (χ2n) is 3.59. The van der Waals surface area contributed by atoms with E-state index in [4.69, 9.17) is 17.3 Å². The molecule has 0 aliphatic rings. The normalized spacial score (nSPS) is 10.7. The smallest absolute Gasteiger partial charge is 0.149 e. The molecule has 0 fully saturated rings. The van der Waals surface area contributed by atoms with E-state index in [0.29, 0.717) is 22.8 Å². The van der Waals surface area contributed by atoms with Gasteiger partial charge < -0.3 is 5.73 Å². The molecule has 84 valence electrons. The van der Waals surface area contributed by atoms with Gasteiger partial charge in [0.05, 0.1) is 0 Å². The molecule has 5 heteroatoms. The Morgan fingerprint density at radius 2 is 2.19 bits per heavy atom. The third-order valence-corrected chi connectivity index (χ3v) is 2.88. The fraction of sp³-hybridized carbons (Fsp3) is 0.182. The number of anilines is 1. The lowest BCUT2D eigenvalue weighted by atomic mass is 10.0. The number of nitrogen functional groups attached to an aromatic ring is 1.